The minimum absolute atomic E-state index is 0.127. The summed E-state index contributed by atoms with van der Waals surface area (Å²) in [5, 5.41) is 20.0. The van der Waals surface area contributed by atoms with Gasteiger partial charge in [0.05, 0.1) is 5.69 Å². The van der Waals surface area contributed by atoms with E-state index in [0.29, 0.717) is 76.4 Å². The number of furan rings is 1. The molecule has 2 aromatic heterocycles. The Balaban J connectivity index is 1.56. The van der Waals surface area contributed by atoms with Gasteiger partial charge in [-0.2, -0.15) is 5.26 Å². The van der Waals surface area contributed by atoms with Gasteiger partial charge in [-0.15, -0.1) is 0 Å². The van der Waals surface area contributed by atoms with Gasteiger partial charge < -0.3 is 24.2 Å². The Labute approximate surface area is 215 Å². The van der Waals surface area contributed by atoms with Crippen LogP contribution in [-0.2, 0) is 6.42 Å². The second-order valence-electron chi connectivity index (χ2n) is 8.64. The molecule has 1 saturated heterocycles. The van der Waals surface area contributed by atoms with Gasteiger partial charge in [0.1, 0.15) is 28.2 Å². The van der Waals surface area contributed by atoms with Gasteiger partial charge in [0.25, 0.3) is 0 Å². The lowest BCUT2D eigenvalue weighted by atomic mass is 10.1. The Kier molecular flexibility index (Phi) is 6.43. The molecule has 11 heteroatoms. The third-order valence-corrected chi connectivity index (χ3v) is 7.50. The molecule has 0 aliphatic carbocycles. The number of halogens is 2. The first-order valence-corrected chi connectivity index (χ1v) is 12.5. The van der Waals surface area contributed by atoms with Crippen molar-refractivity contribution in [3.05, 3.63) is 58.7 Å². The number of aryl methyl sites for hydroxylation is 1. The van der Waals surface area contributed by atoms with Crippen LogP contribution in [0.3, 0.4) is 0 Å². The number of piperazine rings is 1. The Morgan fingerprint density at radius 3 is 2.54 bits per heavy atom. The number of benzene rings is 2. The molecule has 0 saturated carbocycles. The summed E-state index contributed by atoms with van der Waals surface area (Å²) in [4.78, 5) is 21.4. The van der Waals surface area contributed by atoms with Crippen LogP contribution in [-0.4, -0.2) is 54.3 Å². The molecule has 0 radical (unpaired) electrons. The Morgan fingerprint density at radius 1 is 1.22 bits per heavy atom. The number of hydrogen-bond acceptors (Lipinski definition) is 7. The van der Waals surface area contributed by atoms with Gasteiger partial charge in [-0.1, -0.05) is 18.3 Å². The van der Waals surface area contributed by atoms with Crippen molar-refractivity contribution in [2.24, 2.45) is 0 Å². The van der Waals surface area contributed by atoms with Gasteiger partial charge in [0.15, 0.2) is 16.5 Å². The maximum Gasteiger partial charge on any atom is 0.407 e. The average Bonchev–Trinajstić information content (AvgIpc) is 3.51. The molecule has 0 bridgehead atoms. The van der Waals surface area contributed by atoms with Gasteiger partial charge in [-0.05, 0) is 30.3 Å². The number of hydrogen-bond donors (Lipinski definition) is 1. The molecule has 3 heterocycles. The molecule has 1 N–H and O–H groups in total. The number of carbonyl (C=O) groups is 1. The second kappa shape index (κ2) is 9.71. The van der Waals surface area contributed by atoms with Gasteiger partial charge >= 0.3 is 6.09 Å². The van der Waals surface area contributed by atoms with Crippen LogP contribution in [0.4, 0.5) is 30.1 Å². The molecule has 0 spiro atoms. The van der Waals surface area contributed by atoms with Crippen molar-refractivity contribution in [3.63, 3.8) is 0 Å². The number of anilines is 3. The molecule has 4 aromatic rings. The fraction of sp³-hybridized carbons (Fsp3) is 0.269. The topological polar surface area (TPSA) is 96.8 Å². The SMILES string of the molecule is CCc1oc2c(F)cc(N3CCN(C(=O)O)CC3)cc2c1N(C)c1nc(-c2ccc(F)cc2)c(C#N)s1. The summed E-state index contributed by atoms with van der Waals surface area (Å²) in [6.07, 6.45) is -0.463. The van der Waals surface area contributed by atoms with Crippen molar-refractivity contribution in [2.75, 3.05) is 43.0 Å². The Hall–Kier alpha value is -4.17. The van der Waals surface area contributed by atoms with Crippen LogP contribution >= 0.6 is 11.3 Å². The zero-order valence-corrected chi connectivity index (χ0v) is 21.0. The van der Waals surface area contributed by atoms with Crippen LogP contribution in [0.5, 0.6) is 0 Å². The summed E-state index contributed by atoms with van der Waals surface area (Å²) >= 11 is 1.19. The van der Waals surface area contributed by atoms with E-state index in [1.165, 1.54) is 34.4 Å². The monoisotopic (exact) mass is 523 g/mol. The molecule has 190 valence electrons. The number of rotatable bonds is 5. The Bertz CT molecular complexity index is 1520. The third-order valence-electron chi connectivity index (χ3n) is 6.47. The van der Waals surface area contributed by atoms with E-state index in [4.69, 9.17) is 4.42 Å². The van der Waals surface area contributed by atoms with Crippen LogP contribution < -0.4 is 9.80 Å². The number of nitriles is 1. The van der Waals surface area contributed by atoms with Gasteiger partial charge in [0.2, 0.25) is 0 Å². The quantitative estimate of drug-likeness (QED) is 0.351. The normalized spacial score (nSPS) is 13.7. The number of aromatic nitrogens is 1. The number of nitrogens with zero attached hydrogens (tertiary/aromatic N) is 5. The highest BCUT2D eigenvalue weighted by Crippen LogP contribution is 2.43. The molecule has 1 fully saturated rings. The van der Waals surface area contributed by atoms with E-state index in [2.05, 4.69) is 11.1 Å². The second-order valence-corrected chi connectivity index (χ2v) is 9.62. The molecule has 37 heavy (non-hydrogen) atoms. The van der Waals surface area contributed by atoms with Crippen LogP contribution in [0.15, 0.2) is 40.8 Å². The van der Waals surface area contributed by atoms with Crippen LogP contribution in [0, 0.1) is 23.0 Å². The summed E-state index contributed by atoms with van der Waals surface area (Å²) in [7, 11) is 1.79. The highest BCUT2D eigenvalue weighted by molar-refractivity contribution is 7.16. The molecule has 8 nitrogen and oxygen atoms in total. The Morgan fingerprint density at radius 2 is 1.92 bits per heavy atom. The molecular formula is C26H23F2N5O3S. The zero-order valence-electron chi connectivity index (χ0n) is 20.2. The van der Waals surface area contributed by atoms with Crippen molar-refractivity contribution >= 4 is 44.9 Å². The van der Waals surface area contributed by atoms with Crippen LogP contribution in [0.1, 0.15) is 17.6 Å². The molecule has 0 unspecified atom stereocenters. The molecule has 5 rings (SSSR count). The van der Waals surface area contributed by atoms with E-state index in [-0.39, 0.29) is 11.4 Å². The lowest BCUT2D eigenvalue weighted by Crippen LogP contribution is -2.48. The third kappa shape index (κ3) is 4.44. The molecule has 2 aromatic carbocycles. The van der Waals surface area contributed by atoms with Crippen molar-refractivity contribution < 1.29 is 23.1 Å². The minimum Gasteiger partial charge on any atom is -0.465 e. The lowest BCUT2D eigenvalue weighted by molar-refractivity contribution is 0.142. The van der Waals surface area contributed by atoms with Crippen LogP contribution in [0.2, 0.25) is 0 Å². The largest absolute Gasteiger partial charge is 0.465 e. The van der Waals surface area contributed by atoms with Crippen molar-refractivity contribution in [3.8, 4) is 17.3 Å². The number of amides is 1. The first-order valence-electron chi connectivity index (χ1n) is 11.7. The molecular weight excluding hydrogens is 500 g/mol. The highest BCUT2D eigenvalue weighted by atomic mass is 32.1. The van der Waals surface area contributed by atoms with E-state index in [0.717, 1.165) is 0 Å². The number of carboxylic acid groups (broad SMARTS) is 1. The van der Waals surface area contributed by atoms with Gasteiger partial charge in [-0.25, -0.2) is 18.6 Å². The van der Waals surface area contributed by atoms with Crippen LogP contribution in [0.25, 0.3) is 22.2 Å². The molecule has 0 atom stereocenters. The smallest absolute Gasteiger partial charge is 0.407 e. The predicted octanol–water partition coefficient (Wildman–Crippen LogP) is 5.84. The van der Waals surface area contributed by atoms with E-state index in [1.54, 1.807) is 24.1 Å². The average molecular weight is 524 g/mol. The highest BCUT2D eigenvalue weighted by Gasteiger charge is 2.26. The summed E-state index contributed by atoms with van der Waals surface area (Å²) < 4.78 is 34.6. The van der Waals surface area contributed by atoms with E-state index in [9.17, 15) is 19.6 Å². The van der Waals surface area contributed by atoms with E-state index >= 15 is 4.39 Å². The zero-order chi connectivity index (χ0) is 26.3. The molecule has 1 amide bonds. The minimum atomic E-state index is -0.965. The fourth-order valence-corrected chi connectivity index (χ4v) is 5.41. The molecule has 1 aliphatic rings. The maximum atomic E-state index is 15.2. The summed E-state index contributed by atoms with van der Waals surface area (Å²) in [6.45, 7) is 3.45. The van der Waals surface area contributed by atoms with Crippen molar-refractivity contribution in [2.45, 2.75) is 13.3 Å². The standard InChI is InChI=1S/C26H23F2N5O3S/c1-3-20-23(31(2)25-30-22(21(14-29)37-25)15-4-6-16(27)7-5-15)18-12-17(13-19(28)24(18)36-20)32-8-10-33(11-9-32)26(34)35/h4-7,12-13H,3,8-11H2,1-2H3,(H,34,35). The van der Waals surface area contributed by atoms with Crippen molar-refractivity contribution in [1.29, 1.82) is 5.26 Å². The van der Waals surface area contributed by atoms with E-state index in [1.807, 2.05) is 17.9 Å². The number of fused-ring (bicyclic) bond motifs is 1. The van der Waals surface area contributed by atoms with Gasteiger partial charge in [-0.3, -0.25) is 0 Å². The summed E-state index contributed by atoms with van der Waals surface area (Å²) in [5.74, 6) is -0.317. The molecule has 1 aliphatic heterocycles. The lowest BCUT2D eigenvalue weighted by Gasteiger charge is -2.34. The van der Waals surface area contributed by atoms with E-state index < -0.39 is 11.9 Å². The summed E-state index contributed by atoms with van der Waals surface area (Å²) in [5.41, 5.74) is 2.48. The summed E-state index contributed by atoms with van der Waals surface area (Å²) in [6, 6.07) is 11.2. The first kappa shape index (κ1) is 24.5. The number of thiazole rings is 1. The first-order chi connectivity index (χ1) is 17.8. The fourth-order valence-electron chi connectivity index (χ4n) is 4.55. The predicted molar refractivity (Wildman–Crippen MR) is 138 cm³/mol. The van der Waals surface area contributed by atoms with Crippen molar-refractivity contribution in [1.82, 2.24) is 9.88 Å². The maximum absolute atomic E-state index is 15.2. The van der Waals surface area contributed by atoms with Gasteiger partial charge in [0, 0.05) is 62.4 Å².